The van der Waals surface area contributed by atoms with Crippen molar-refractivity contribution < 1.29 is 19.1 Å². The van der Waals surface area contributed by atoms with Crippen LogP contribution in [-0.4, -0.2) is 46.1 Å². The third-order valence-corrected chi connectivity index (χ3v) is 7.77. The summed E-state index contributed by atoms with van der Waals surface area (Å²) >= 11 is 2.60. The van der Waals surface area contributed by atoms with Crippen molar-refractivity contribution in [1.29, 1.82) is 0 Å². The van der Waals surface area contributed by atoms with Gasteiger partial charge in [-0.2, -0.15) is 0 Å². The highest BCUT2D eigenvalue weighted by molar-refractivity contribution is 7.99. The summed E-state index contributed by atoms with van der Waals surface area (Å²) in [6.07, 6.45) is 0. The summed E-state index contributed by atoms with van der Waals surface area (Å²) < 4.78 is 12.5. The predicted octanol–water partition coefficient (Wildman–Crippen LogP) is 6.23. The highest BCUT2D eigenvalue weighted by Gasteiger charge is 2.24. The minimum Gasteiger partial charge on any atom is -0.494 e. The molecule has 0 unspecified atom stereocenters. The number of thioether (sulfide) groups is 1. The van der Waals surface area contributed by atoms with Crippen molar-refractivity contribution in [2.24, 2.45) is 0 Å². The van der Waals surface area contributed by atoms with Crippen molar-refractivity contribution >= 4 is 40.0 Å². The highest BCUT2D eigenvalue weighted by Crippen LogP contribution is 2.38. The van der Waals surface area contributed by atoms with E-state index < -0.39 is 5.97 Å². The van der Waals surface area contributed by atoms with Crippen molar-refractivity contribution in [3.63, 3.8) is 0 Å². The zero-order valence-corrected chi connectivity index (χ0v) is 23.7. The van der Waals surface area contributed by atoms with Crippen LogP contribution in [0.1, 0.15) is 35.3 Å². The van der Waals surface area contributed by atoms with E-state index in [0.717, 1.165) is 39.4 Å². The molecule has 0 bridgehead atoms. The molecule has 1 N–H and O–H groups in total. The highest BCUT2D eigenvalue weighted by atomic mass is 32.2. The van der Waals surface area contributed by atoms with Gasteiger partial charge in [-0.1, -0.05) is 35.5 Å². The SMILES string of the molecule is CCOc1ccc(-c2nnc(SCC(=O)Nc3scc(-c4cc(C)ccc4C)c3C(=O)OC)n2CC)cc1. The van der Waals surface area contributed by atoms with Crippen molar-refractivity contribution in [2.45, 2.75) is 39.4 Å². The number of aromatic nitrogens is 3. The molecule has 198 valence electrons. The summed E-state index contributed by atoms with van der Waals surface area (Å²) in [4.78, 5) is 25.7. The van der Waals surface area contributed by atoms with E-state index >= 15 is 0 Å². The van der Waals surface area contributed by atoms with Gasteiger partial charge in [-0.25, -0.2) is 4.79 Å². The molecular formula is C28H30N4O4S2. The van der Waals surface area contributed by atoms with Gasteiger partial charge in [0.2, 0.25) is 5.91 Å². The molecule has 0 aliphatic heterocycles. The first-order valence-corrected chi connectivity index (χ1v) is 14.1. The summed E-state index contributed by atoms with van der Waals surface area (Å²) in [6.45, 7) is 9.20. The molecule has 2 aromatic carbocycles. The van der Waals surface area contributed by atoms with Gasteiger partial charge in [-0.05, 0) is 63.1 Å². The lowest BCUT2D eigenvalue weighted by molar-refractivity contribution is -0.113. The fourth-order valence-electron chi connectivity index (χ4n) is 4.03. The van der Waals surface area contributed by atoms with Crippen molar-refractivity contribution in [3.8, 4) is 28.3 Å². The molecule has 2 heterocycles. The molecule has 0 spiro atoms. The molecule has 0 saturated carbocycles. The van der Waals surface area contributed by atoms with Gasteiger partial charge in [0.15, 0.2) is 11.0 Å². The second-order valence-electron chi connectivity index (χ2n) is 8.51. The quantitative estimate of drug-likeness (QED) is 0.185. The Morgan fingerprint density at radius 3 is 2.50 bits per heavy atom. The van der Waals surface area contributed by atoms with Gasteiger partial charge in [-0.15, -0.1) is 21.5 Å². The molecule has 4 rings (SSSR count). The number of hydrogen-bond donors (Lipinski definition) is 1. The first-order valence-electron chi connectivity index (χ1n) is 12.2. The Hall–Kier alpha value is -3.63. The average Bonchev–Trinajstić information content (AvgIpc) is 3.53. The van der Waals surface area contributed by atoms with Crippen LogP contribution >= 0.6 is 23.1 Å². The van der Waals surface area contributed by atoms with E-state index in [2.05, 4.69) is 15.5 Å². The van der Waals surface area contributed by atoms with Crippen LogP contribution in [0, 0.1) is 13.8 Å². The van der Waals surface area contributed by atoms with E-state index in [9.17, 15) is 9.59 Å². The molecule has 8 nitrogen and oxygen atoms in total. The number of nitrogens with one attached hydrogen (secondary N) is 1. The first-order chi connectivity index (χ1) is 18.4. The number of thiophene rings is 1. The number of methoxy groups -OCH3 is 1. The number of amides is 1. The smallest absolute Gasteiger partial charge is 0.341 e. The van der Waals surface area contributed by atoms with Crippen LogP contribution in [0.2, 0.25) is 0 Å². The van der Waals surface area contributed by atoms with Gasteiger partial charge < -0.3 is 19.4 Å². The number of carbonyl (C=O) groups is 2. The fraction of sp³-hybridized carbons (Fsp3) is 0.286. The second kappa shape index (κ2) is 12.3. The number of benzene rings is 2. The van der Waals surface area contributed by atoms with E-state index in [1.807, 2.05) is 80.1 Å². The maximum Gasteiger partial charge on any atom is 0.341 e. The molecule has 0 aliphatic carbocycles. The van der Waals surface area contributed by atoms with Crippen LogP contribution in [0.25, 0.3) is 22.5 Å². The number of hydrogen-bond acceptors (Lipinski definition) is 8. The van der Waals surface area contributed by atoms with Gasteiger partial charge in [0.1, 0.15) is 16.3 Å². The van der Waals surface area contributed by atoms with Crippen LogP contribution in [-0.2, 0) is 16.1 Å². The molecule has 10 heteroatoms. The zero-order chi connectivity index (χ0) is 27.2. The normalized spacial score (nSPS) is 10.9. The van der Waals surface area contributed by atoms with E-state index in [-0.39, 0.29) is 11.7 Å². The van der Waals surface area contributed by atoms with Crippen LogP contribution in [0.5, 0.6) is 5.75 Å². The summed E-state index contributed by atoms with van der Waals surface area (Å²) in [7, 11) is 1.34. The molecule has 0 saturated heterocycles. The molecule has 1 amide bonds. The predicted molar refractivity (Wildman–Crippen MR) is 152 cm³/mol. The Balaban J connectivity index is 1.50. The molecule has 0 atom stereocenters. The van der Waals surface area contributed by atoms with Gasteiger partial charge in [0.25, 0.3) is 0 Å². The number of carbonyl (C=O) groups excluding carboxylic acids is 2. The summed E-state index contributed by atoms with van der Waals surface area (Å²) in [6, 6.07) is 13.8. The van der Waals surface area contributed by atoms with E-state index in [1.165, 1.54) is 30.2 Å². The summed E-state index contributed by atoms with van der Waals surface area (Å²) in [5.41, 5.74) is 5.08. The minimum atomic E-state index is -0.490. The number of esters is 1. The molecule has 0 radical (unpaired) electrons. The molecule has 4 aromatic rings. The molecule has 0 fully saturated rings. The Morgan fingerprint density at radius 1 is 1.05 bits per heavy atom. The third-order valence-electron chi connectivity index (χ3n) is 5.91. The lowest BCUT2D eigenvalue weighted by Crippen LogP contribution is -2.16. The van der Waals surface area contributed by atoms with Gasteiger partial charge in [0, 0.05) is 23.1 Å². The molecule has 0 aliphatic rings. The van der Waals surface area contributed by atoms with Crippen LogP contribution in [0.15, 0.2) is 53.0 Å². The minimum absolute atomic E-state index is 0.110. The first kappa shape index (κ1) is 27.4. The van der Waals surface area contributed by atoms with Gasteiger partial charge in [-0.3, -0.25) is 4.79 Å². The van der Waals surface area contributed by atoms with E-state index in [0.29, 0.717) is 28.9 Å². The Labute approximate surface area is 230 Å². The topological polar surface area (TPSA) is 95.3 Å². The second-order valence-corrected chi connectivity index (χ2v) is 10.3. The summed E-state index contributed by atoms with van der Waals surface area (Å²) in [5, 5.41) is 14.6. The van der Waals surface area contributed by atoms with Crippen molar-refractivity contribution in [2.75, 3.05) is 24.8 Å². The molecular weight excluding hydrogens is 520 g/mol. The van der Waals surface area contributed by atoms with E-state index in [4.69, 9.17) is 9.47 Å². The average molecular weight is 551 g/mol. The number of nitrogens with zero attached hydrogens (tertiary/aromatic N) is 3. The Bertz CT molecular complexity index is 1440. The molecule has 2 aromatic heterocycles. The maximum absolute atomic E-state index is 12.9. The van der Waals surface area contributed by atoms with Crippen molar-refractivity contribution in [3.05, 3.63) is 64.5 Å². The van der Waals surface area contributed by atoms with Crippen molar-refractivity contribution in [1.82, 2.24) is 14.8 Å². The van der Waals surface area contributed by atoms with Crippen LogP contribution < -0.4 is 10.1 Å². The van der Waals surface area contributed by atoms with Crippen LogP contribution in [0.3, 0.4) is 0 Å². The third kappa shape index (κ3) is 5.92. The maximum atomic E-state index is 12.9. The summed E-state index contributed by atoms with van der Waals surface area (Å²) in [5.74, 6) is 0.894. The van der Waals surface area contributed by atoms with Gasteiger partial charge >= 0.3 is 5.97 Å². The number of anilines is 1. The Morgan fingerprint density at radius 2 is 1.82 bits per heavy atom. The Kier molecular flexibility index (Phi) is 8.85. The van der Waals surface area contributed by atoms with E-state index in [1.54, 1.807) is 0 Å². The monoisotopic (exact) mass is 550 g/mol. The lowest BCUT2D eigenvalue weighted by atomic mass is 9.97. The van der Waals surface area contributed by atoms with Gasteiger partial charge in [0.05, 0.1) is 19.5 Å². The number of ether oxygens (including phenoxy) is 2. The number of aryl methyl sites for hydroxylation is 2. The fourth-order valence-corrected chi connectivity index (χ4v) is 5.80. The molecule has 38 heavy (non-hydrogen) atoms. The largest absolute Gasteiger partial charge is 0.494 e. The number of rotatable bonds is 10. The zero-order valence-electron chi connectivity index (χ0n) is 22.0. The lowest BCUT2D eigenvalue weighted by Gasteiger charge is -2.10. The standard InChI is InChI=1S/C28H30N4O4S2/c1-6-32-25(19-10-12-20(13-11-19)36-7-2)30-31-28(32)38-16-23(33)29-26-24(27(34)35-5)22(15-37-26)21-14-17(3)8-9-18(21)4/h8-15H,6-7,16H2,1-5H3,(H,29,33). The van der Waals surface area contributed by atoms with Crippen LogP contribution in [0.4, 0.5) is 5.00 Å².